The van der Waals surface area contributed by atoms with Gasteiger partial charge < -0.3 is 25.7 Å². The molecule has 0 spiro atoms. The standard InChI is InChI=1S/C42H83NO5/c1-3-5-7-9-11-13-14-15-16-17-18-19-20-21-22-23-24-25-26-27-28-30-32-34-36-40(46)42(48)43-38(37-44)41(47)39(45)35-33-31-29-12-10-8-6-4-2/h12,29,38-41,44-47H,3-11,13-28,30-37H2,1-2H3,(H,43,48)/b29-12+. The van der Waals surface area contributed by atoms with Crippen LogP contribution in [0.4, 0.5) is 0 Å². The van der Waals surface area contributed by atoms with E-state index < -0.39 is 36.9 Å². The van der Waals surface area contributed by atoms with Crippen LogP contribution in [0.25, 0.3) is 0 Å². The van der Waals surface area contributed by atoms with E-state index in [0.29, 0.717) is 12.8 Å². The molecule has 0 aliphatic rings. The Bertz CT molecular complexity index is 687. The number of hydrogen-bond donors (Lipinski definition) is 5. The maximum Gasteiger partial charge on any atom is 0.249 e. The molecule has 4 atom stereocenters. The van der Waals surface area contributed by atoms with Crippen molar-refractivity contribution in [3.05, 3.63) is 12.2 Å². The highest BCUT2D eigenvalue weighted by molar-refractivity contribution is 5.80. The Labute approximate surface area is 298 Å². The number of carbonyl (C=O) groups excluding carboxylic acids is 1. The number of hydrogen-bond acceptors (Lipinski definition) is 5. The highest BCUT2D eigenvalue weighted by Gasteiger charge is 2.28. The number of rotatable bonds is 38. The number of carbonyl (C=O) groups is 1. The monoisotopic (exact) mass is 682 g/mol. The molecule has 0 saturated heterocycles. The van der Waals surface area contributed by atoms with Crippen molar-refractivity contribution in [2.75, 3.05) is 6.61 Å². The molecule has 286 valence electrons. The molecular formula is C42H83NO5. The lowest BCUT2D eigenvalue weighted by Gasteiger charge is -2.27. The summed E-state index contributed by atoms with van der Waals surface area (Å²) in [6.07, 6.45) is 39.9. The molecule has 0 aliphatic carbocycles. The van der Waals surface area contributed by atoms with Crippen LogP contribution in [-0.2, 0) is 4.79 Å². The van der Waals surface area contributed by atoms with Crippen LogP contribution in [0, 0.1) is 0 Å². The van der Waals surface area contributed by atoms with Crippen molar-refractivity contribution in [1.29, 1.82) is 0 Å². The van der Waals surface area contributed by atoms with Gasteiger partial charge in [-0.2, -0.15) is 0 Å². The predicted molar refractivity (Wildman–Crippen MR) is 205 cm³/mol. The van der Waals surface area contributed by atoms with E-state index in [1.54, 1.807) is 0 Å². The molecule has 5 N–H and O–H groups in total. The first-order valence-corrected chi connectivity index (χ1v) is 21.1. The average molecular weight is 682 g/mol. The second-order valence-corrected chi connectivity index (χ2v) is 14.7. The second-order valence-electron chi connectivity index (χ2n) is 14.7. The van der Waals surface area contributed by atoms with Crippen molar-refractivity contribution in [1.82, 2.24) is 5.32 Å². The van der Waals surface area contributed by atoms with Gasteiger partial charge in [-0.3, -0.25) is 4.79 Å². The maximum atomic E-state index is 12.4. The smallest absolute Gasteiger partial charge is 0.249 e. The molecule has 0 radical (unpaired) electrons. The Morgan fingerprint density at radius 3 is 1.25 bits per heavy atom. The van der Waals surface area contributed by atoms with Crippen molar-refractivity contribution < 1.29 is 25.2 Å². The number of allylic oxidation sites excluding steroid dienone is 2. The number of aliphatic hydroxyl groups excluding tert-OH is 4. The van der Waals surface area contributed by atoms with Gasteiger partial charge in [0.1, 0.15) is 12.2 Å². The van der Waals surface area contributed by atoms with E-state index in [-0.39, 0.29) is 0 Å². The summed E-state index contributed by atoms with van der Waals surface area (Å²) in [5.41, 5.74) is 0. The van der Waals surface area contributed by atoms with E-state index in [1.807, 2.05) is 0 Å². The Balaban J connectivity index is 3.61. The number of nitrogens with one attached hydrogen (secondary N) is 1. The fourth-order valence-corrected chi connectivity index (χ4v) is 6.58. The number of aliphatic hydroxyl groups is 4. The summed E-state index contributed by atoms with van der Waals surface area (Å²) in [5, 5.41) is 43.3. The minimum Gasteiger partial charge on any atom is -0.394 e. The molecular weight excluding hydrogens is 598 g/mol. The molecule has 48 heavy (non-hydrogen) atoms. The SMILES string of the molecule is CCCCC/C=C/CCCC(O)C(O)C(CO)NC(=O)C(O)CCCCCCCCCCCCCCCCCCCCCCCCCC. The van der Waals surface area contributed by atoms with Crippen LogP contribution in [0.15, 0.2) is 12.2 Å². The summed E-state index contributed by atoms with van der Waals surface area (Å²) in [5.74, 6) is -0.593. The molecule has 6 heteroatoms. The Morgan fingerprint density at radius 1 is 0.500 bits per heavy atom. The van der Waals surface area contributed by atoms with E-state index >= 15 is 0 Å². The van der Waals surface area contributed by atoms with Gasteiger partial charge in [-0.05, 0) is 38.5 Å². The maximum absolute atomic E-state index is 12.4. The van der Waals surface area contributed by atoms with E-state index in [1.165, 1.54) is 154 Å². The topological polar surface area (TPSA) is 110 Å². The first-order chi connectivity index (χ1) is 23.5. The van der Waals surface area contributed by atoms with Crippen LogP contribution in [0.5, 0.6) is 0 Å². The molecule has 0 aromatic rings. The summed E-state index contributed by atoms with van der Waals surface area (Å²) in [6, 6.07) is -0.994. The Hall–Kier alpha value is -0.950. The quantitative estimate of drug-likeness (QED) is 0.0329. The number of amides is 1. The van der Waals surface area contributed by atoms with Crippen molar-refractivity contribution in [3.8, 4) is 0 Å². The zero-order valence-corrected chi connectivity index (χ0v) is 32.0. The largest absolute Gasteiger partial charge is 0.394 e. The Kier molecular flexibility index (Phi) is 36.6. The molecule has 4 unspecified atom stereocenters. The molecule has 0 saturated carbocycles. The van der Waals surface area contributed by atoms with Gasteiger partial charge in [-0.25, -0.2) is 0 Å². The number of unbranched alkanes of at least 4 members (excludes halogenated alkanes) is 27. The van der Waals surface area contributed by atoms with Gasteiger partial charge in [-0.1, -0.05) is 193 Å². The highest BCUT2D eigenvalue weighted by Crippen LogP contribution is 2.16. The normalized spacial score (nSPS) is 14.4. The molecule has 0 rings (SSSR count). The zero-order valence-electron chi connectivity index (χ0n) is 32.0. The average Bonchev–Trinajstić information content (AvgIpc) is 3.09. The third kappa shape index (κ3) is 31.1. The van der Waals surface area contributed by atoms with Gasteiger partial charge in [0.25, 0.3) is 0 Å². The molecule has 0 aromatic carbocycles. The van der Waals surface area contributed by atoms with Crippen LogP contribution in [-0.4, -0.2) is 57.3 Å². The molecule has 0 heterocycles. The van der Waals surface area contributed by atoms with Crippen molar-refractivity contribution in [2.45, 2.75) is 244 Å². The van der Waals surface area contributed by atoms with Crippen LogP contribution >= 0.6 is 0 Å². The van der Waals surface area contributed by atoms with Gasteiger partial charge >= 0.3 is 0 Å². The molecule has 6 nitrogen and oxygen atoms in total. The van der Waals surface area contributed by atoms with E-state index in [2.05, 4.69) is 31.3 Å². The van der Waals surface area contributed by atoms with Gasteiger partial charge in [0.2, 0.25) is 5.91 Å². The van der Waals surface area contributed by atoms with E-state index in [0.717, 1.165) is 38.5 Å². The van der Waals surface area contributed by atoms with E-state index in [4.69, 9.17) is 0 Å². The van der Waals surface area contributed by atoms with Gasteiger partial charge in [-0.15, -0.1) is 0 Å². The summed E-state index contributed by atoms with van der Waals surface area (Å²) in [7, 11) is 0. The van der Waals surface area contributed by atoms with Crippen LogP contribution in [0.3, 0.4) is 0 Å². The molecule has 0 aliphatic heterocycles. The fraction of sp³-hybridized carbons (Fsp3) is 0.929. The Morgan fingerprint density at radius 2 is 0.854 bits per heavy atom. The minimum atomic E-state index is -1.27. The van der Waals surface area contributed by atoms with E-state index in [9.17, 15) is 25.2 Å². The van der Waals surface area contributed by atoms with Crippen LogP contribution in [0.1, 0.15) is 219 Å². The third-order valence-corrected chi connectivity index (χ3v) is 9.98. The lowest BCUT2D eigenvalue weighted by atomic mass is 10.00. The van der Waals surface area contributed by atoms with Gasteiger partial charge in [0, 0.05) is 0 Å². The lowest BCUT2D eigenvalue weighted by molar-refractivity contribution is -0.132. The molecule has 0 bridgehead atoms. The highest BCUT2D eigenvalue weighted by atomic mass is 16.3. The van der Waals surface area contributed by atoms with Gasteiger partial charge in [0.05, 0.1) is 18.8 Å². The van der Waals surface area contributed by atoms with Crippen molar-refractivity contribution in [2.24, 2.45) is 0 Å². The van der Waals surface area contributed by atoms with Crippen molar-refractivity contribution in [3.63, 3.8) is 0 Å². The summed E-state index contributed by atoms with van der Waals surface area (Å²) < 4.78 is 0. The summed E-state index contributed by atoms with van der Waals surface area (Å²) >= 11 is 0. The first kappa shape index (κ1) is 47.0. The van der Waals surface area contributed by atoms with Crippen LogP contribution in [0.2, 0.25) is 0 Å². The zero-order chi connectivity index (χ0) is 35.3. The summed E-state index contributed by atoms with van der Waals surface area (Å²) in [6.45, 7) is 3.98. The second kappa shape index (κ2) is 37.3. The molecule has 0 fully saturated rings. The lowest BCUT2D eigenvalue weighted by Crippen LogP contribution is -2.53. The third-order valence-electron chi connectivity index (χ3n) is 9.98. The summed E-state index contributed by atoms with van der Waals surface area (Å²) in [4.78, 5) is 12.4. The van der Waals surface area contributed by atoms with Crippen molar-refractivity contribution >= 4 is 5.91 Å². The predicted octanol–water partition coefficient (Wildman–Crippen LogP) is 10.6. The minimum absolute atomic E-state index is 0.368. The van der Waals surface area contributed by atoms with Crippen LogP contribution < -0.4 is 5.32 Å². The molecule has 1 amide bonds. The first-order valence-electron chi connectivity index (χ1n) is 21.1. The fourth-order valence-electron chi connectivity index (χ4n) is 6.58. The van der Waals surface area contributed by atoms with Gasteiger partial charge in [0.15, 0.2) is 0 Å². The molecule has 0 aromatic heterocycles.